The molecule has 2 fully saturated rings. The number of nitrogens with one attached hydrogen (secondary N) is 2. The van der Waals surface area contributed by atoms with E-state index >= 15 is 0 Å². The summed E-state index contributed by atoms with van der Waals surface area (Å²) in [6, 6.07) is 0.863. The van der Waals surface area contributed by atoms with E-state index in [2.05, 4.69) is 10.6 Å². The number of hydrogen-bond acceptors (Lipinski definition) is 2. The van der Waals surface area contributed by atoms with Crippen molar-refractivity contribution in [1.82, 2.24) is 10.6 Å². The Morgan fingerprint density at radius 3 is 3.10 bits per heavy atom. The fraction of sp³-hybridized carbons (Fsp3) is 0.857. The summed E-state index contributed by atoms with van der Waals surface area (Å²) >= 11 is 0. The normalized spacial score (nSPS) is 39.0. The first kappa shape index (κ1) is 6.16. The van der Waals surface area contributed by atoms with E-state index in [-0.39, 0.29) is 5.91 Å². The van der Waals surface area contributed by atoms with Crippen LogP contribution in [0.1, 0.15) is 19.3 Å². The molecular weight excluding hydrogens is 128 g/mol. The van der Waals surface area contributed by atoms with Gasteiger partial charge in [0.2, 0.25) is 5.91 Å². The molecule has 3 heteroatoms. The van der Waals surface area contributed by atoms with Gasteiger partial charge in [-0.2, -0.15) is 0 Å². The van der Waals surface area contributed by atoms with Crippen molar-refractivity contribution in [3.8, 4) is 0 Å². The van der Waals surface area contributed by atoms with Crippen molar-refractivity contribution in [3.05, 3.63) is 0 Å². The van der Waals surface area contributed by atoms with Gasteiger partial charge >= 0.3 is 0 Å². The molecule has 2 rings (SSSR count). The highest BCUT2D eigenvalue weighted by Gasteiger charge is 2.33. The fourth-order valence-corrected chi connectivity index (χ4v) is 1.81. The summed E-state index contributed by atoms with van der Waals surface area (Å²) in [5.41, 5.74) is 0. The molecule has 2 saturated heterocycles. The third-order valence-corrected chi connectivity index (χ3v) is 2.34. The Balaban J connectivity index is 2.04. The van der Waals surface area contributed by atoms with Crippen LogP contribution in [0.5, 0.6) is 0 Å². The topological polar surface area (TPSA) is 41.1 Å². The van der Waals surface area contributed by atoms with Gasteiger partial charge in [0.1, 0.15) is 0 Å². The Labute approximate surface area is 60.2 Å². The first-order chi connectivity index (χ1) is 4.86. The first-order valence-corrected chi connectivity index (χ1v) is 3.89. The molecule has 0 unspecified atom stereocenters. The summed E-state index contributed by atoms with van der Waals surface area (Å²) in [5.74, 6) is 0.212. The number of rotatable bonds is 0. The summed E-state index contributed by atoms with van der Waals surface area (Å²) < 4.78 is 0. The van der Waals surface area contributed by atoms with E-state index < -0.39 is 0 Å². The quantitative estimate of drug-likeness (QED) is 0.482. The highest BCUT2D eigenvalue weighted by Crippen LogP contribution is 2.16. The summed E-state index contributed by atoms with van der Waals surface area (Å²) in [7, 11) is 0. The number of carbonyl (C=O) groups is 1. The molecule has 2 heterocycles. The van der Waals surface area contributed by atoms with Gasteiger partial charge in [0, 0.05) is 18.5 Å². The van der Waals surface area contributed by atoms with E-state index in [1.165, 1.54) is 6.42 Å². The molecule has 56 valence electrons. The molecule has 0 aromatic heterocycles. The Bertz CT molecular complexity index is 142. The van der Waals surface area contributed by atoms with E-state index in [0.29, 0.717) is 18.5 Å². The zero-order valence-corrected chi connectivity index (χ0v) is 5.89. The van der Waals surface area contributed by atoms with Crippen LogP contribution in [0.2, 0.25) is 0 Å². The van der Waals surface area contributed by atoms with Crippen LogP contribution in [-0.2, 0) is 4.79 Å². The van der Waals surface area contributed by atoms with Crippen LogP contribution >= 0.6 is 0 Å². The van der Waals surface area contributed by atoms with Crippen molar-refractivity contribution in [2.45, 2.75) is 31.3 Å². The monoisotopic (exact) mass is 140 g/mol. The molecule has 0 aromatic rings. The second kappa shape index (κ2) is 2.23. The van der Waals surface area contributed by atoms with E-state index in [1.54, 1.807) is 0 Å². The Morgan fingerprint density at radius 1 is 1.40 bits per heavy atom. The molecule has 2 N–H and O–H groups in total. The zero-order chi connectivity index (χ0) is 6.97. The van der Waals surface area contributed by atoms with E-state index in [1.807, 2.05) is 0 Å². The molecule has 0 spiro atoms. The van der Waals surface area contributed by atoms with Gasteiger partial charge in [0.05, 0.1) is 0 Å². The second-order valence-electron chi connectivity index (χ2n) is 3.08. The van der Waals surface area contributed by atoms with Crippen LogP contribution in [0.3, 0.4) is 0 Å². The molecule has 10 heavy (non-hydrogen) atoms. The Morgan fingerprint density at radius 2 is 2.30 bits per heavy atom. The lowest BCUT2D eigenvalue weighted by Crippen LogP contribution is -2.45. The lowest BCUT2D eigenvalue weighted by Gasteiger charge is -2.25. The third kappa shape index (κ3) is 0.904. The maximum Gasteiger partial charge on any atom is 0.221 e. The summed E-state index contributed by atoms with van der Waals surface area (Å²) in [6.45, 7) is 1.08. The zero-order valence-electron chi connectivity index (χ0n) is 5.89. The predicted molar refractivity (Wildman–Crippen MR) is 37.6 cm³/mol. The first-order valence-electron chi connectivity index (χ1n) is 3.89. The average molecular weight is 140 g/mol. The van der Waals surface area contributed by atoms with Gasteiger partial charge in [-0.05, 0) is 19.4 Å². The Kier molecular flexibility index (Phi) is 1.38. The smallest absolute Gasteiger partial charge is 0.221 e. The van der Waals surface area contributed by atoms with Crippen LogP contribution in [0.4, 0.5) is 0 Å². The van der Waals surface area contributed by atoms with Crippen LogP contribution in [0.25, 0.3) is 0 Å². The van der Waals surface area contributed by atoms with Gasteiger partial charge in [0.25, 0.3) is 0 Å². The number of piperidine rings is 1. The maximum atomic E-state index is 10.9. The molecule has 0 bridgehead atoms. The number of amides is 1. The van der Waals surface area contributed by atoms with E-state index in [9.17, 15) is 4.79 Å². The van der Waals surface area contributed by atoms with Gasteiger partial charge in [-0.1, -0.05) is 0 Å². The van der Waals surface area contributed by atoms with Crippen molar-refractivity contribution < 1.29 is 4.79 Å². The van der Waals surface area contributed by atoms with Crippen LogP contribution in [-0.4, -0.2) is 24.5 Å². The van der Waals surface area contributed by atoms with Gasteiger partial charge in [-0.3, -0.25) is 4.79 Å². The van der Waals surface area contributed by atoms with Crippen LogP contribution in [0.15, 0.2) is 0 Å². The van der Waals surface area contributed by atoms with Crippen molar-refractivity contribution in [2.75, 3.05) is 6.54 Å². The Hall–Kier alpha value is -0.570. The van der Waals surface area contributed by atoms with Gasteiger partial charge in [0.15, 0.2) is 0 Å². The molecule has 2 aliphatic heterocycles. The molecule has 0 aliphatic carbocycles. The molecule has 3 nitrogen and oxygen atoms in total. The van der Waals surface area contributed by atoms with Crippen molar-refractivity contribution in [3.63, 3.8) is 0 Å². The van der Waals surface area contributed by atoms with Crippen LogP contribution < -0.4 is 10.6 Å². The number of carbonyl (C=O) groups excluding carboxylic acids is 1. The molecule has 1 amide bonds. The number of fused-ring (bicyclic) bond motifs is 1. The molecule has 0 radical (unpaired) electrons. The minimum absolute atomic E-state index is 0.212. The van der Waals surface area contributed by atoms with Crippen LogP contribution in [0, 0.1) is 0 Å². The lowest BCUT2D eigenvalue weighted by molar-refractivity contribution is -0.119. The van der Waals surface area contributed by atoms with E-state index in [0.717, 1.165) is 13.0 Å². The van der Waals surface area contributed by atoms with Crippen molar-refractivity contribution in [1.29, 1.82) is 0 Å². The molecule has 2 atom stereocenters. The molecule has 2 aliphatic rings. The van der Waals surface area contributed by atoms with Crippen molar-refractivity contribution in [2.24, 2.45) is 0 Å². The number of hydrogen-bond donors (Lipinski definition) is 2. The highest BCUT2D eigenvalue weighted by molar-refractivity contribution is 5.79. The predicted octanol–water partition coefficient (Wildman–Crippen LogP) is -0.373. The molecule has 0 aromatic carbocycles. The largest absolute Gasteiger partial charge is 0.352 e. The molecule has 0 saturated carbocycles. The lowest BCUT2D eigenvalue weighted by atomic mass is 10.0. The highest BCUT2D eigenvalue weighted by atomic mass is 16.2. The maximum absolute atomic E-state index is 10.9. The summed E-state index contributed by atoms with van der Waals surface area (Å²) in [6.07, 6.45) is 3.04. The third-order valence-electron chi connectivity index (χ3n) is 2.34. The van der Waals surface area contributed by atoms with Gasteiger partial charge in [-0.25, -0.2) is 0 Å². The average Bonchev–Trinajstić information content (AvgIpc) is 2.27. The fourth-order valence-electron chi connectivity index (χ4n) is 1.81. The van der Waals surface area contributed by atoms with Gasteiger partial charge in [-0.15, -0.1) is 0 Å². The minimum Gasteiger partial charge on any atom is -0.352 e. The van der Waals surface area contributed by atoms with Crippen molar-refractivity contribution >= 4 is 5.91 Å². The molecular formula is C7H12N2O. The second-order valence-corrected chi connectivity index (χ2v) is 3.08. The van der Waals surface area contributed by atoms with Gasteiger partial charge < -0.3 is 10.6 Å². The summed E-state index contributed by atoms with van der Waals surface area (Å²) in [5, 5.41) is 6.28. The SMILES string of the molecule is O=C1C[C@@H]2NCCC[C@H]2N1. The van der Waals surface area contributed by atoms with E-state index in [4.69, 9.17) is 0 Å². The summed E-state index contributed by atoms with van der Waals surface area (Å²) in [4.78, 5) is 10.9. The minimum atomic E-state index is 0.212. The standard InChI is InChI=1S/C7H12N2O/c10-7-4-6-5(9-7)2-1-3-8-6/h5-6,8H,1-4H2,(H,9,10)/t5-,6+/m1/s1.